The number of aromatic nitrogens is 1. The molecule has 1 aliphatic rings. The third kappa shape index (κ3) is 5.95. The summed E-state index contributed by atoms with van der Waals surface area (Å²) in [5.41, 5.74) is 4.91. The van der Waals surface area contributed by atoms with Gasteiger partial charge in [-0.15, -0.1) is 5.10 Å². The number of hydrazone groups is 1. The lowest BCUT2D eigenvalue weighted by molar-refractivity contribution is -0.113. The Morgan fingerprint density at radius 2 is 1.62 bits per heavy atom. The highest BCUT2D eigenvalue weighted by molar-refractivity contribution is 8.19. The number of carbonyl (C=O) groups is 3. The normalized spacial score (nSPS) is 14.9. The van der Waals surface area contributed by atoms with Crippen molar-refractivity contribution in [1.82, 2.24) is 10.4 Å². The molecule has 1 aromatic heterocycles. The van der Waals surface area contributed by atoms with Gasteiger partial charge < -0.3 is 4.74 Å². The Kier molecular flexibility index (Phi) is 8.04. The predicted octanol–water partition coefficient (Wildman–Crippen LogP) is 5.53. The van der Waals surface area contributed by atoms with Crippen LogP contribution in [0.15, 0.2) is 94.9 Å². The number of nitrogens with zero attached hydrogens (tertiary/aromatic N) is 3. The van der Waals surface area contributed by atoms with Gasteiger partial charge >= 0.3 is 0 Å². The van der Waals surface area contributed by atoms with E-state index in [1.165, 1.54) is 16.7 Å². The van der Waals surface area contributed by atoms with Crippen molar-refractivity contribution in [2.45, 2.75) is 6.92 Å². The fraction of sp³-hybridized carbons (Fsp3) is 0.0690. The van der Waals surface area contributed by atoms with Gasteiger partial charge in [-0.25, -0.2) is 10.4 Å². The number of amides is 3. The summed E-state index contributed by atoms with van der Waals surface area (Å²) in [5, 5.41) is 7.60. The van der Waals surface area contributed by atoms with Gasteiger partial charge in [-0.2, -0.15) is 0 Å². The molecule has 0 unspecified atom stereocenters. The fourth-order valence-corrected chi connectivity index (χ4v) is 5.57. The molecule has 0 aliphatic carbocycles. The molecule has 4 aromatic rings. The molecule has 5 rings (SSSR count). The van der Waals surface area contributed by atoms with Gasteiger partial charge in [-0.1, -0.05) is 59.9 Å². The SMILES string of the molecule is COc1ccc(C(=O)Nc2nc(C)c(C(=O)N/N=C3\S/C(=C\c4ccccc4)C(=O)N3c3ccccc3)s2)cc1. The van der Waals surface area contributed by atoms with Crippen LogP contribution in [-0.4, -0.2) is 35.0 Å². The molecule has 0 bridgehead atoms. The molecule has 0 saturated carbocycles. The number of ether oxygens (including phenoxy) is 1. The predicted molar refractivity (Wildman–Crippen MR) is 159 cm³/mol. The Balaban J connectivity index is 1.34. The van der Waals surface area contributed by atoms with Gasteiger partial charge in [0, 0.05) is 5.56 Å². The summed E-state index contributed by atoms with van der Waals surface area (Å²) in [7, 11) is 1.55. The summed E-state index contributed by atoms with van der Waals surface area (Å²) in [4.78, 5) is 45.5. The molecule has 0 spiro atoms. The first-order valence-electron chi connectivity index (χ1n) is 12.1. The van der Waals surface area contributed by atoms with Crippen LogP contribution in [0.5, 0.6) is 5.75 Å². The highest BCUT2D eigenvalue weighted by atomic mass is 32.2. The number of amidine groups is 1. The second-order valence-corrected chi connectivity index (χ2v) is 10.5. The standard InChI is InChI=1S/C29H23N5O4S2/c1-18-24(40-28(30-18)31-25(35)20-13-15-22(38-2)16-14-20)26(36)32-33-29-34(21-11-7-4-8-12-21)27(37)23(39-29)17-19-9-5-3-6-10-19/h3-17H,1-2H3,(H,32,36)(H,30,31,35)/b23-17-,33-29-. The Morgan fingerprint density at radius 3 is 2.30 bits per heavy atom. The quantitative estimate of drug-likeness (QED) is 0.223. The molecular weight excluding hydrogens is 546 g/mol. The number of hydrogen-bond donors (Lipinski definition) is 2. The van der Waals surface area contributed by atoms with E-state index in [1.807, 2.05) is 48.5 Å². The molecular formula is C29H23N5O4S2. The van der Waals surface area contributed by atoms with Crippen LogP contribution in [0.1, 0.15) is 31.3 Å². The van der Waals surface area contributed by atoms with E-state index in [4.69, 9.17) is 4.74 Å². The van der Waals surface area contributed by atoms with Gasteiger partial charge in [0.25, 0.3) is 17.7 Å². The maximum absolute atomic E-state index is 13.3. The van der Waals surface area contributed by atoms with Crippen LogP contribution in [0.2, 0.25) is 0 Å². The number of methoxy groups -OCH3 is 1. The van der Waals surface area contributed by atoms with Crippen LogP contribution in [0, 0.1) is 6.92 Å². The number of benzene rings is 3. The lowest BCUT2D eigenvalue weighted by Gasteiger charge is -2.15. The molecule has 200 valence electrons. The Morgan fingerprint density at radius 1 is 0.950 bits per heavy atom. The zero-order valence-electron chi connectivity index (χ0n) is 21.5. The van der Waals surface area contributed by atoms with Gasteiger partial charge in [-0.05, 0) is 66.7 Å². The molecule has 2 heterocycles. The third-order valence-electron chi connectivity index (χ3n) is 5.75. The van der Waals surface area contributed by atoms with E-state index in [2.05, 4.69) is 20.8 Å². The van der Waals surface area contributed by atoms with Crippen LogP contribution in [0.3, 0.4) is 0 Å². The van der Waals surface area contributed by atoms with Gasteiger partial charge in [0.2, 0.25) is 0 Å². The van der Waals surface area contributed by atoms with Gasteiger partial charge in [-0.3, -0.25) is 24.6 Å². The number of rotatable bonds is 7. The topological polar surface area (TPSA) is 113 Å². The van der Waals surface area contributed by atoms with E-state index in [1.54, 1.807) is 56.5 Å². The number of thiazole rings is 1. The largest absolute Gasteiger partial charge is 0.497 e. The first-order chi connectivity index (χ1) is 19.4. The van der Waals surface area contributed by atoms with Gasteiger partial charge in [0.1, 0.15) is 10.6 Å². The number of thioether (sulfide) groups is 1. The van der Waals surface area contributed by atoms with E-state index in [0.29, 0.717) is 32.8 Å². The van der Waals surface area contributed by atoms with Crippen LogP contribution < -0.4 is 20.4 Å². The highest BCUT2D eigenvalue weighted by Gasteiger charge is 2.35. The summed E-state index contributed by atoms with van der Waals surface area (Å²) >= 11 is 2.20. The maximum Gasteiger partial charge on any atom is 0.283 e. The molecule has 1 aliphatic heterocycles. The van der Waals surface area contributed by atoms with Crippen LogP contribution >= 0.6 is 23.1 Å². The molecule has 9 nitrogen and oxygen atoms in total. The average Bonchev–Trinajstić information content (AvgIpc) is 3.50. The highest BCUT2D eigenvalue weighted by Crippen LogP contribution is 2.36. The fourth-order valence-electron chi connectivity index (χ4n) is 3.78. The summed E-state index contributed by atoms with van der Waals surface area (Å²) in [6.45, 7) is 1.67. The van der Waals surface area contributed by atoms with Crippen molar-refractivity contribution in [3.8, 4) is 5.75 Å². The lowest BCUT2D eigenvalue weighted by Crippen LogP contribution is -2.31. The Bertz CT molecular complexity index is 1620. The van der Waals surface area contributed by atoms with Crippen LogP contribution in [0.25, 0.3) is 6.08 Å². The minimum absolute atomic E-state index is 0.245. The van der Waals surface area contributed by atoms with E-state index >= 15 is 0 Å². The minimum atomic E-state index is -0.506. The second-order valence-electron chi connectivity index (χ2n) is 8.45. The van der Waals surface area contributed by atoms with Crippen LogP contribution in [-0.2, 0) is 4.79 Å². The number of aryl methyl sites for hydroxylation is 1. The molecule has 1 saturated heterocycles. The second kappa shape index (κ2) is 12.0. The van der Waals surface area contributed by atoms with Crippen molar-refractivity contribution in [3.63, 3.8) is 0 Å². The third-order valence-corrected chi connectivity index (χ3v) is 7.79. The molecule has 40 heavy (non-hydrogen) atoms. The minimum Gasteiger partial charge on any atom is -0.497 e. The number of hydrogen-bond acceptors (Lipinski definition) is 8. The molecule has 3 amide bonds. The molecule has 0 atom stereocenters. The van der Waals surface area contributed by atoms with Crippen LogP contribution in [0.4, 0.5) is 10.8 Å². The summed E-state index contributed by atoms with van der Waals surface area (Å²) in [5.74, 6) is -0.474. The zero-order valence-corrected chi connectivity index (χ0v) is 23.1. The number of carbonyl (C=O) groups excluding carboxylic acids is 3. The van der Waals surface area contributed by atoms with Gasteiger partial charge in [0.05, 0.1) is 23.4 Å². The van der Waals surface area contributed by atoms with E-state index in [0.717, 1.165) is 16.9 Å². The zero-order chi connectivity index (χ0) is 28.1. The van der Waals surface area contributed by atoms with E-state index < -0.39 is 5.91 Å². The summed E-state index contributed by atoms with van der Waals surface area (Å²) in [6, 6.07) is 25.2. The van der Waals surface area contributed by atoms with Crippen molar-refractivity contribution in [1.29, 1.82) is 0 Å². The molecule has 3 aromatic carbocycles. The number of para-hydroxylation sites is 1. The number of anilines is 2. The first-order valence-corrected chi connectivity index (χ1v) is 13.7. The summed E-state index contributed by atoms with van der Waals surface area (Å²) in [6.07, 6.45) is 1.79. The Labute approximate surface area is 238 Å². The smallest absolute Gasteiger partial charge is 0.283 e. The Hall–Kier alpha value is -4.74. The molecule has 11 heteroatoms. The van der Waals surface area contributed by atoms with Gasteiger partial charge in [0.15, 0.2) is 10.3 Å². The lowest BCUT2D eigenvalue weighted by atomic mass is 10.2. The monoisotopic (exact) mass is 569 g/mol. The van der Waals surface area contributed by atoms with Crippen molar-refractivity contribution >= 4 is 62.9 Å². The molecule has 1 fully saturated rings. The number of nitrogens with one attached hydrogen (secondary N) is 2. The van der Waals surface area contributed by atoms with Crippen molar-refractivity contribution in [2.24, 2.45) is 5.10 Å². The van der Waals surface area contributed by atoms with Crippen molar-refractivity contribution in [2.75, 3.05) is 17.3 Å². The first kappa shape index (κ1) is 26.9. The van der Waals surface area contributed by atoms with Crippen molar-refractivity contribution in [3.05, 3.63) is 112 Å². The van der Waals surface area contributed by atoms with Crippen molar-refractivity contribution < 1.29 is 19.1 Å². The summed E-state index contributed by atoms with van der Waals surface area (Å²) < 4.78 is 5.12. The van der Waals surface area contributed by atoms with E-state index in [-0.39, 0.29) is 21.8 Å². The maximum atomic E-state index is 13.3. The molecule has 2 N–H and O–H groups in total. The van der Waals surface area contributed by atoms with E-state index in [9.17, 15) is 14.4 Å². The molecule has 0 radical (unpaired) electrons. The average molecular weight is 570 g/mol.